The minimum Gasteiger partial charge on any atom is -0.399 e. The van der Waals surface area contributed by atoms with Crippen molar-refractivity contribution in [1.82, 2.24) is 0 Å². The Balaban J connectivity index is 2.30. The van der Waals surface area contributed by atoms with Crippen LogP contribution in [0.3, 0.4) is 0 Å². The molecule has 0 atom stereocenters. The van der Waals surface area contributed by atoms with Gasteiger partial charge in [-0.1, -0.05) is 0 Å². The van der Waals surface area contributed by atoms with Crippen molar-refractivity contribution in [2.24, 2.45) is 0 Å². The number of halogens is 1. The van der Waals surface area contributed by atoms with Crippen molar-refractivity contribution >= 4 is 11.4 Å². The van der Waals surface area contributed by atoms with Crippen molar-refractivity contribution in [3.05, 3.63) is 23.8 Å². The summed E-state index contributed by atoms with van der Waals surface area (Å²) in [5.41, 5.74) is 8.92. The first kappa shape index (κ1) is 9.31. The molecule has 0 spiro atoms. The standard InChI is InChI=1S/C11H15FN2/c12-5-7-14-6-1-2-9-8-10(13)3-4-11(9)14/h3-4,8H,1-2,5-7,13H2. The fourth-order valence-corrected chi connectivity index (χ4v) is 2.03. The lowest BCUT2D eigenvalue weighted by Gasteiger charge is -2.30. The predicted octanol–water partition coefficient (Wildman–Crippen LogP) is 1.99. The van der Waals surface area contributed by atoms with Gasteiger partial charge in [0.1, 0.15) is 6.67 Å². The van der Waals surface area contributed by atoms with Gasteiger partial charge in [0.25, 0.3) is 0 Å². The molecule has 0 bridgehead atoms. The zero-order valence-electron chi connectivity index (χ0n) is 8.17. The van der Waals surface area contributed by atoms with E-state index < -0.39 is 0 Å². The zero-order chi connectivity index (χ0) is 9.97. The van der Waals surface area contributed by atoms with Crippen LogP contribution in [0, 0.1) is 0 Å². The van der Waals surface area contributed by atoms with E-state index in [0.29, 0.717) is 6.54 Å². The Hall–Kier alpha value is -1.25. The van der Waals surface area contributed by atoms with E-state index in [0.717, 1.165) is 30.8 Å². The Bertz CT molecular complexity index is 325. The highest BCUT2D eigenvalue weighted by Gasteiger charge is 2.15. The number of nitrogen functional groups attached to an aromatic ring is 1. The lowest BCUT2D eigenvalue weighted by molar-refractivity contribution is 0.485. The molecule has 1 aliphatic rings. The molecule has 0 saturated carbocycles. The van der Waals surface area contributed by atoms with Crippen LogP contribution in [0.2, 0.25) is 0 Å². The molecule has 2 rings (SSSR count). The van der Waals surface area contributed by atoms with Gasteiger partial charge in [-0.2, -0.15) is 0 Å². The van der Waals surface area contributed by atoms with Gasteiger partial charge in [0, 0.05) is 24.5 Å². The highest BCUT2D eigenvalue weighted by molar-refractivity contribution is 5.61. The van der Waals surface area contributed by atoms with E-state index in [4.69, 9.17) is 5.73 Å². The van der Waals surface area contributed by atoms with Crippen molar-refractivity contribution in [3.63, 3.8) is 0 Å². The number of aryl methyl sites for hydroxylation is 1. The number of alkyl halides is 1. The molecule has 76 valence electrons. The molecule has 0 amide bonds. The van der Waals surface area contributed by atoms with Crippen molar-refractivity contribution in [3.8, 4) is 0 Å². The lowest BCUT2D eigenvalue weighted by atomic mass is 10.0. The van der Waals surface area contributed by atoms with Gasteiger partial charge in [-0.25, -0.2) is 4.39 Å². The summed E-state index contributed by atoms with van der Waals surface area (Å²) in [6.07, 6.45) is 2.15. The molecule has 2 nitrogen and oxygen atoms in total. The van der Waals surface area contributed by atoms with Gasteiger partial charge in [-0.15, -0.1) is 0 Å². The Morgan fingerprint density at radius 3 is 3.07 bits per heavy atom. The molecule has 2 N–H and O–H groups in total. The van der Waals surface area contributed by atoms with Gasteiger partial charge in [-0.3, -0.25) is 0 Å². The van der Waals surface area contributed by atoms with Crippen LogP contribution in [0.4, 0.5) is 15.8 Å². The minimum atomic E-state index is -0.288. The summed E-state index contributed by atoms with van der Waals surface area (Å²) in [7, 11) is 0. The van der Waals surface area contributed by atoms with Crippen LogP contribution in [0.5, 0.6) is 0 Å². The topological polar surface area (TPSA) is 29.3 Å². The second-order valence-corrected chi connectivity index (χ2v) is 3.67. The average Bonchev–Trinajstić information content (AvgIpc) is 2.18. The lowest BCUT2D eigenvalue weighted by Crippen LogP contribution is -2.31. The summed E-state index contributed by atoms with van der Waals surface area (Å²) in [5, 5.41) is 0. The third-order valence-corrected chi connectivity index (χ3v) is 2.67. The summed E-state index contributed by atoms with van der Waals surface area (Å²) in [6, 6.07) is 5.88. The molecule has 1 aromatic rings. The van der Waals surface area contributed by atoms with Crippen LogP contribution in [0.1, 0.15) is 12.0 Å². The number of benzene rings is 1. The Kier molecular flexibility index (Phi) is 2.57. The summed E-state index contributed by atoms with van der Waals surface area (Å²) in [4.78, 5) is 2.10. The largest absolute Gasteiger partial charge is 0.399 e. The maximum absolute atomic E-state index is 12.3. The first-order valence-electron chi connectivity index (χ1n) is 5.00. The van der Waals surface area contributed by atoms with Crippen molar-refractivity contribution in [2.45, 2.75) is 12.8 Å². The number of anilines is 2. The quantitative estimate of drug-likeness (QED) is 0.729. The Labute approximate surface area is 83.5 Å². The molecule has 1 aliphatic heterocycles. The minimum absolute atomic E-state index is 0.288. The van der Waals surface area contributed by atoms with Crippen molar-refractivity contribution in [1.29, 1.82) is 0 Å². The van der Waals surface area contributed by atoms with Gasteiger partial charge in [0.2, 0.25) is 0 Å². The van der Waals surface area contributed by atoms with E-state index in [-0.39, 0.29) is 6.67 Å². The van der Waals surface area contributed by atoms with E-state index in [9.17, 15) is 4.39 Å². The number of rotatable bonds is 2. The zero-order valence-corrected chi connectivity index (χ0v) is 8.17. The average molecular weight is 194 g/mol. The van der Waals surface area contributed by atoms with Gasteiger partial charge >= 0.3 is 0 Å². The highest BCUT2D eigenvalue weighted by atomic mass is 19.1. The van der Waals surface area contributed by atoms with Crippen LogP contribution >= 0.6 is 0 Å². The third kappa shape index (κ3) is 1.67. The summed E-state index contributed by atoms with van der Waals surface area (Å²) < 4.78 is 12.3. The maximum atomic E-state index is 12.3. The van der Waals surface area contributed by atoms with E-state index in [1.165, 1.54) is 5.56 Å². The number of hydrogen-bond acceptors (Lipinski definition) is 2. The fraction of sp³-hybridized carbons (Fsp3) is 0.455. The van der Waals surface area contributed by atoms with E-state index in [1.54, 1.807) is 0 Å². The number of nitrogens with two attached hydrogens (primary N) is 1. The van der Waals surface area contributed by atoms with E-state index >= 15 is 0 Å². The second kappa shape index (κ2) is 3.86. The molecule has 0 unspecified atom stereocenters. The monoisotopic (exact) mass is 194 g/mol. The maximum Gasteiger partial charge on any atom is 0.107 e. The number of nitrogens with zero attached hydrogens (tertiary/aromatic N) is 1. The molecule has 14 heavy (non-hydrogen) atoms. The number of hydrogen-bond donors (Lipinski definition) is 1. The van der Waals surface area contributed by atoms with Crippen LogP contribution in [-0.2, 0) is 6.42 Å². The fourth-order valence-electron chi connectivity index (χ4n) is 2.03. The third-order valence-electron chi connectivity index (χ3n) is 2.67. The molecule has 1 heterocycles. The number of fused-ring (bicyclic) bond motifs is 1. The van der Waals surface area contributed by atoms with Crippen LogP contribution < -0.4 is 10.6 Å². The molecule has 0 radical (unpaired) electrons. The van der Waals surface area contributed by atoms with Crippen LogP contribution in [0.25, 0.3) is 0 Å². The van der Waals surface area contributed by atoms with Gasteiger partial charge in [0.15, 0.2) is 0 Å². The molecule has 0 aromatic heterocycles. The normalized spacial score (nSPS) is 15.4. The first-order chi connectivity index (χ1) is 6.81. The molecule has 1 aromatic carbocycles. The highest BCUT2D eigenvalue weighted by Crippen LogP contribution is 2.28. The van der Waals surface area contributed by atoms with Crippen molar-refractivity contribution in [2.75, 3.05) is 30.4 Å². The van der Waals surface area contributed by atoms with Crippen molar-refractivity contribution < 1.29 is 4.39 Å². The first-order valence-corrected chi connectivity index (χ1v) is 5.00. The smallest absolute Gasteiger partial charge is 0.107 e. The van der Waals surface area contributed by atoms with Gasteiger partial charge < -0.3 is 10.6 Å². The van der Waals surface area contributed by atoms with Gasteiger partial charge in [-0.05, 0) is 36.6 Å². The van der Waals surface area contributed by atoms with E-state index in [1.807, 2.05) is 18.2 Å². The molecule has 0 saturated heterocycles. The molecular formula is C11H15FN2. The summed E-state index contributed by atoms with van der Waals surface area (Å²) in [5.74, 6) is 0. The second-order valence-electron chi connectivity index (χ2n) is 3.67. The van der Waals surface area contributed by atoms with E-state index in [2.05, 4.69) is 4.90 Å². The molecule has 0 aliphatic carbocycles. The van der Waals surface area contributed by atoms with Crippen LogP contribution in [-0.4, -0.2) is 19.8 Å². The predicted molar refractivity (Wildman–Crippen MR) is 57.4 cm³/mol. The Morgan fingerprint density at radius 2 is 2.29 bits per heavy atom. The summed E-state index contributed by atoms with van der Waals surface area (Å²) >= 11 is 0. The molecule has 3 heteroatoms. The van der Waals surface area contributed by atoms with Gasteiger partial charge in [0.05, 0.1) is 0 Å². The Morgan fingerprint density at radius 1 is 1.43 bits per heavy atom. The summed E-state index contributed by atoms with van der Waals surface area (Å²) in [6.45, 7) is 1.17. The SMILES string of the molecule is Nc1ccc2c(c1)CCCN2CCF. The molecular weight excluding hydrogens is 179 g/mol. The molecule has 0 fully saturated rings. The van der Waals surface area contributed by atoms with Crippen LogP contribution in [0.15, 0.2) is 18.2 Å².